The molecule has 0 aliphatic heterocycles. The molecule has 0 saturated carbocycles. The summed E-state index contributed by atoms with van der Waals surface area (Å²) >= 11 is 6.55. The summed E-state index contributed by atoms with van der Waals surface area (Å²) < 4.78 is 13.9. The fourth-order valence-electron chi connectivity index (χ4n) is 3.49. The summed E-state index contributed by atoms with van der Waals surface area (Å²) in [5.74, 6) is 0.00763. The Labute approximate surface area is 174 Å². The minimum absolute atomic E-state index is 0.262. The van der Waals surface area contributed by atoms with Crippen LogP contribution in [0.1, 0.15) is 18.5 Å². The normalized spacial score (nSPS) is 12.4. The van der Waals surface area contributed by atoms with Crippen molar-refractivity contribution in [2.75, 3.05) is 5.32 Å². The Bertz CT molecular complexity index is 1390. The third-order valence-corrected chi connectivity index (χ3v) is 5.16. The van der Waals surface area contributed by atoms with Crippen LogP contribution in [-0.2, 0) is 0 Å². The Morgan fingerprint density at radius 2 is 2.00 bits per heavy atom. The Hall–Kier alpha value is -3.72. The number of aromatic amines is 1. The highest BCUT2D eigenvalue weighted by Gasteiger charge is 2.20. The maximum Gasteiger partial charge on any atom is 0.213 e. The standard InChI is InChI=1S/C20H14ClFN8/c1-10(29-20-18-19(25-8-24-18)26-9-27-20)13-7-14(21)12-3-5-28-30-17(12)16(13)11-2-4-23-15(22)6-11/h2-10H,1H3,(H2,24,25,26,27,29). The summed E-state index contributed by atoms with van der Waals surface area (Å²) in [5.41, 5.74) is 3.98. The van der Waals surface area contributed by atoms with Crippen LogP contribution in [-0.4, -0.2) is 35.1 Å². The highest BCUT2D eigenvalue weighted by Crippen LogP contribution is 2.39. The van der Waals surface area contributed by atoms with E-state index in [-0.39, 0.29) is 6.04 Å². The SMILES string of the molecule is CC(Nc1ncnc2nc[nH]c12)c1cc(Cl)c2ccnnc2c1-c1ccnc(F)c1. The molecule has 0 aliphatic carbocycles. The van der Waals surface area contributed by atoms with Gasteiger partial charge in [-0.25, -0.2) is 19.9 Å². The van der Waals surface area contributed by atoms with Crippen LogP contribution in [0.2, 0.25) is 5.02 Å². The first-order valence-corrected chi connectivity index (χ1v) is 9.46. The molecule has 0 amide bonds. The van der Waals surface area contributed by atoms with Gasteiger partial charge in [0, 0.05) is 23.2 Å². The first kappa shape index (κ1) is 18.3. The number of halogens is 2. The van der Waals surface area contributed by atoms with Crippen LogP contribution < -0.4 is 5.32 Å². The third kappa shape index (κ3) is 3.09. The van der Waals surface area contributed by atoms with Gasteiger partial charge in [0.15, 0.2) is 11.5 Å². The van der Waals surface area contributed by atoms with Gasteiger partial charge in [-0.3, -0.25) is 0 Å². The van der Waals surface area contributed by atoms with Crippen molar-refractivity contribution in [3.8, 4) is 11.1 Å². The summed E-state index contributed by atoms with van der Waals surface area (Å²) in [6.45, 7) is 1.96. The second-order valence-electron chi connectivity index (χ2n) is 6.67. The largest absolute Gasteiger partial charge is 0.362 e. The molecule has 5 aromatic rings. The summed E-state index contributed by atoms with van der Waals surface area (Å²) in [7, 11) is 0. The monoisotopic (exact) mass is 420 g/mol. The molecule has 0 fully saturated rings. The van der Waals surface area contributed by atoms with Crippen LogP contribution in [0, 0.1) is 5.95 Å². The Morgan fingerprint density at radius 3 is 2.87 bits per heavy atom. The number of H-pyrrole nitrogens is 1. The first-order valence-electron chi connectivity index (χ1n) is 9.08. The van der Waals surface area contributed by atoms with Gasteiger partial charge in [0.05, 0.1) is 23.6 Å². The molecule has 30 heavy (non-hydrogen) atoms. The van der Waals surface area contributed by atoms with E-state index in [1.165, 1.54) is 18.6 Å². The fraction of sp³-hybridized carbons (Fsp3) is 0.100. The second kappa shape index (κ2) is 7.27. The van der Waals surface area contributed by atoms with Gasteiger partial charge in [0.1, 0.15) is 17.4 Å². The number of imidazole rings is 1. The summed E-state index contributed by atoms with van der Waals surface area (Å²) in [5, 5.41) is 12.9. The van der Waals surface area contributed by atoms with Crippen LogP contribution in [0.25, 0.3) is 33.2 Å². The Kier molecular flexibility index (Phi) is 4.44. The average Bonchev–Trinajstić information content (AvgIpc) is 3.23. The molecule has 1 aromatic carbocycles. The number of hydrogen-bond acceptors (Lipinski definition) is 7. The van der Waals surface area contributed by atoms with E-state index in [4.69, 9.17) is 11.6 Å². The molecular formula is C20H14ClFN8. The minimum atomic E-state index is -0.582. The number of aromatic nitrogens is 7. The number of hydrogen-bond donors (Lipinski definition) is 2. The lowest BCUT2D eigenvalue weighted by atomic mass is 9.93. The molecule has 148 valence electrons. The maximum absolute atomic E-state index is 13.9. The van der Waals surface area contributed by atoms with Gasteiger partial charge in [0.2, 0.25) is 5.95 Å². The average molecular weight is 421 g/mol. The van der Waals surface area contributed by atoms with Crippen LogP contribution in [0.4, 0.5) is 10.2 Å². The van der Waals surface area contributed by atoms with Gasteiger partial charge in [-0.1, -0.05) is 11.6 Å². The van der Waals surface area contributed by atoms with Crippen LogP contribution >= 0.6 is 11.6 Å². The van der Waals surface area contributed by atoms with Gasteiger partial charge in [-0.05, 0) is 36.2 Å². The number of pyridine rings is 1. The van der Waals surface area contributed by atoms with Crippen molar-refractivity contribution in [1.29, 1.82) is 0 Å². The molecule has 1 unspecified atom stereocenters. The van der Waals surface area contributed by atoms with E-state index in [1.807, 2.05) is 13.0 Å². The zero-order valence-electron chi connectivity index (χ0n) is 15.6. The van der Waals surface area contributed by atoms with Crippen molar-refractivity contribution < 1.29 is 4.39 Å². The fourth-order valence-corrected chi connectivity index (χ4v) is 3.76. The molecule has 0 aliphatic rings. The van der Waals surface area contributed by atoms with E-state index in [1.54, 1.807) is 24.7 Å². The van der Waals surface area contributed by atoms with E-state index in [0.29, 0.717) is 33.1 Å². The lowest BCUT2D eigenvalue weighted by molar-refractivity contribution is 0.584. The molecule has 4 heterocycles. The van der Waals surface area contributed by atoms with E-state index >= 15 is 0 Å². The summed E-state index contributed by atoms with van der Waals surface area (Å²) in [6.07, 6.45) is 5.99. The van der Waals surface area contributed by atoms with Gasteiger partial charge in [0.25, 0.3) is 0 Å². The number of anilines is 1. The maximum atomic E-state index is 13.9. The van der Waals surface area contributed by atoms with E-state index < -0.39 is 5.95 Å². The first-order chi connectivity index (χ1) is 14.6. The number of nitrogens with zero attached hydrogens (tertiary/aromatic N) is 6. The molecule has 0 saturated heterocycles. The number of benzene rings is 1. The number of fused-ring (bicyclic) bond motifs is 2. The predicted octanol–water partition coefficient (Wildman–Crippen LogP) is 4.32. The second-order valence-corrected chi connectivity index (χ2v) is 7.08. The van der Waals surface area contributed by atoms with E-state index in [2.05, 4.69) is 40.4 Å². The quantitative estimate of drug-likeness (QED) is 0.417. The van der Waals surface area contributed by atoms with Crippen molar-refractivity contribution in [1.82, 2.24) is 35.1 Å². The molecule has 0 radical (unpaired) electrons. The lowest BCUT2D eigenvalue weighted by Crippen LogP contribution is -2.11. The Balaban J connectivity index is 1.70. The van der Waals surface area contributed by atoms with Gasteiger partial charge in [-0.15, -0.1) is 5.10 Å². The van der Waals surface area contributed by atoms with Crippen LogP contribution in [0.5, 0.6) is 0 Å². The Morgan fingerprint density at radius 1 is 1.10 bits per heavy atom. The molecule has 2 N–H and O–H groups in total. The highest BCUT2D eigenvalue weighted by molar-refractivity contribution is 6.36. The third-order valence-electron chi connectivity index (χ3n) is 4.84. The molecule has 0 spiro atoms. The lowest BCUT2D eigenvalue weighted by Gasteiger charge is -2.21. The number of rotatable bonds is 4. The van der Waals surface area contributed by atoms with Crippen molar-refractivity contribution in [2.24, 2.45) is 0 Å². The van der Waals surface area contributed by atoms with Crippen LogP contribution in [0.3, 0.4) is 0 Å². The van der Waals surface area contributed by atoms with Crippen molar-refractivity contribution in [3.63, 3.8) is 0 Å². The molecule has 8 nitrogen and oxygen atoms in total. The zero-order valence-corrected chi connectivity index (χ0v) is 16.4. The van der Waals surface area contributed by atoms with Gasteiger partial charge in [-0.2, -0.15) is 9.49 Å². The smallest absolute Gasteiger partial charge is 0.213 e. The topological polar surface area (TPSA) is 105 Å². The van der Waals surface area contributed by atoms with Gasteiger partial charge < -0.3 is 10.3 Å². The van der Waals surface area contributed by atoms with Crippen LogP contribution in [0.15, 0.2) is 49.3 Å². The molecule has 10 heteroatoms. The van der Waals surface area contributed by atoms with Crippen molar-refractivity contribution >= 4 is 39.5 Å². The summed E-state index contributed by atoms with van der Waals surface area (Å²) in [6, 6.07) is 6.47. The number of nitrogens with one attached hydrogen (secondary N) is 2. The van der Waals surface area contributed by atoms with Crippen molar-refractivity contribution in [3.05, 3.63) is 65.8 Å². The predicted molar refractivity (Wildman–Crippen MR) is 111 cm³/mol. The molecule has 0 bridgehead atoms. The van der Waals surface area contributed by atoms with E-state index in [0.717, 1.165) is 16.5 Å². The molecule has 4 aromatic heterocycles. The molecule has 1 atom stereocenters. The molecule has 5 rings (SSSR count). The molecular weight excluding hydrogens is 407 g/mol. The van der Waals surface area contributed by atoms with Gasteiger partial charge >= 0.3 is 0 Å². The van der Waals surface area contributed by atoms with E-state index in [9.17, 15) is 4.39 Å². The zero-order chi connectivity index (χ0) is 20.7. The minimum Gasteiger partial charge on any atom is -0.362 e. The highest BCUT2D eigenvalue weighted by atomic mass is 35.5. The van der Waals surface area contributed by atoms with Crippen molar-refractivity contribution in [2.45, 2.75) is 13.0 Å². The summed E-state index contributed by atoms with van der Waals surface area (Å²) in [4.78, 5) is 19.3.